The maximum absolute atomic E-state index is 11.4. The van der Waals surface area contributed by atoms with Gasteiger partial charge in [-0.1, -0.05) is 6.92 Å². The van der Waals surface area contributed by atoms with E-state index in [2.05, 4.69) is 26.0 Å². The third-order valence-corrected chi connectivity index (χ3v) is 2.92. The molecule has 1 amide bonds. The van der Waals surface area contributed by atoms with Crippen molar-refractivity contribution in [3.63, 3.8) is 0 Å². The van der Waals surface area contributed by atoms with Crippen LogP contribution < -0.4 is 21.9 Å². The van der Waals surface area contributed by atoms with Gasteiger partial charge in [0.25, 0.3) is 0 Å². The van der Waals surface area contributed by atoms with Crippen LogP contribution in [0.3, 0.4) is 0 Å². The first-order chi connectivity index (χ1) is 9.22. The Balaban J connectivity index is 1.79. The first-order valence-electron chi connectivity index (χ1n) is 6.59. The van der Waals surface area contributed by atoms with E-state index in [9.17, 15) is 4.79 Å². The predicted octanol–water partition coefficient (Wildman–Crippen LogP) is 0.263. The van der Waals surface area contributed by atoms with Crippen LogP contribution in [0.2, 0.25) is 0 Å². The lowest BCUT2D eigenvalue weighted by molar-refractivity contribution is -0.122. The minimum absolute atomic E-state index is 0.156. The van der Waals surface area contributed by atoms with E-state index in [-0.39, 0.29) is 11.8 Å². The number of hydrazine groups is 1. The number of carbonyl (C=O) groups is 1. The van der Waals surface area contributed by atoms with Crippen LogP contribution in [-0.4, -0.2) is 29.0 Å². The number of nitrogens with two attached hydrogens (primary N) is 1. The van der Waals surface area contributed by atoms with E-state index in [1.54, 1.807) is 6.07 Å². The van der Waals surface area contributed by atoms with Gasteiger partial charge in [-0.25, -0.2) is 15.8 Å². The first kappa shape index (κ1) is 13.5. The first-order valence-corrected chi connectivity index (χ1v) is 6.59. The number of aromatic nitrogens is 2. The lowest BCUT2D eigenvalue weighted by Gasteiger charge is -2.09. The molecule has 1 aliphatic carbocycles. The number of hydrogen-bond acceptors (Lipinski definition) is 6. The third-order valence-electron chi connectivity index (χ3n) is 2.92. The standard InChI is InChI=1S/C12H20N6O/c1-2-9-16-10(7-11(17-9)18-13)14-5-6-15-12(19)8-3-4-8/h7-8H,2-6,13H2,1H3,(H,15,19)(H2,14,16,17,18). The normalized spacial score (nSPS) is 14.0. The molecule has 19 heavy (non-hydrogen) atoms. The van der Waals surface area contributed by atoms with E-state index in [1.807, 2.05) is 6.92 Å². The number of nitrogens with one attached hydrogen (secondary N) is 3. The van der Waals surface area contributed by atoms with Crippen LogP contribution in [0.1, 0.15) is 25.6 Å². The highest BCUT2D eigenvalue weighted by Gasteiger charge is 2.28. The molecular formula is C12H20N6O. The number of aryl methyl sites for hydroxylation is 1. The Morgan fingerprint density at radius 1 is 1.37 bits per heavy atom. The number of carbonyl (C=O) groups excluding carboxylic acids is 1. The molecule has 1 heterocycles. The molecule has 0 aliphatic heterocycles. The zero-order chi connectivity index (χ0) is 13.7. The maximum atomic E-state index is 11.4. The fraction of sp³-hybridized carbons (Fsp3) is 0.583. The zero-order valence-corrected chi connectivity index (χ0v) is 11.1. The molecule has 1 saturated carbocycles. The maximum Gasteiger partial charge on any atom is 0.223 e. The summed E-state index contributed by atoms with van der Waals surface area (Å²) in [5, 5.41) is 6.03. The Hall–Kier alpha value is -1.89. The molecule has 0 atom stereocenters. The van der Waals surface area contributed by atoms with E-state index in [0.29, 0.717) is 24.7 Å². The van der Waals surface area contributed by atoms with Crippen LogP contribution in [-0.2, 0) is 11.2 Å². The minimum Gasteiger partial charge on any atom is -0.368 e. The average molecular weight is 264 g/mol. The molecule has 0 aromatic carbocycles. The fourth-order valence-corrected chi connectivity index (χ4v) is 1.69. The molecular weight excluding hydrogens is 244 g/mol. The molecule has 7 heteroatoms. The van der Waals surface area contributed by atoms with Gasteiger partial charge in [0.2, 0.25) is 5.91 Å². The van der Waals surface area contributed by atoms with E-state index >= 15 is 0 Å². The Labute approximate surface area is 112 Å². The lowest BCUT2D eigenvalue weighted by atomic mass is 10.4. The van der Waals surface area contributed by atoms with Crippen molar-refractivity contribution in [3.05, 3.63) is 11.9 Å². The van der Waals surface area contributed by atoms with Crippen LogP contribution in [0.15, 0.2) is 6.07 Å². The minimum atomic E-state index is 0.156. The van der Waals surface area contributed by atoms with Crippen LogP contribution in [0, 0.1) is 5.92 Å². The Morgan fingerprint density at radius 3 is 2.74 bits per heavy atom. The van der Waals surface area contributed by atoms with Crippen molar-refractivity contribution in [2.75, 3.05) is 23.8 Å². The summed E-state index contributed by atoms with van der Waals surface area (Å²) in [6.45, 7) is 3.20. The van der Waals surface area contributed by atoms with Gasteiger partial charge in [-0.3, -0.25) is 4.79 Å². The molecule has 1 aliphatic rings. The van der Waals surface area contributed by atoms with Gasteiger partial charge in [-0.05, 0) is 12.8 Å². The van der Waals surface area contributed by atoms with Crippen LogP contribution >= 0.6 is 0 Å². The van der Waals surface area contributed by atoms with Crippen LogP contribution in [0.25, 0.3) is 0 Å². The molecule has 0 saturated heterocycles. The summed E-state index contributed by atoms with van der Waals surface area (Å²) in [6, 6.07) is 1.74. The van der Waals surface area contributed by atoms with Crippen molar-refractivity contribution in [1.29, 1.82) is 0 Å². The Bertz CT molecular complexity index is 424. The predicted molar refractivity (Wildman–Crippen MR) is 73.4 cm³/mol. The summed E-state index contributed by atoms with van der Waals surface area (Å²) in [5.41, 5.74) is 2.51. The highest BCUT2D eigenvalue weighted by atomic mass is 16.2. The van der Waals surface area contributed by atoms with Crippen molar-refractivity contribution in [2.24, 2.45) is 11.8 Å². The lowest BCUT2D eigenvalue weighted by Crippen LogP contribution is -2.30. The van der Waals surface area contributed by atoms with Crippen molar-refractivity contribution in [3.8, 4) is 0 Å². The van der Waals surface area contributed by atoms with E-state index < -0.39 is 0 Å². The van der Waals surface area contributed by atoms with Crippen molar-refractivity contribution in [2.45, 2.75) is 26.2 Å². The van der Waals surface area contributed by atoms with Crippen molar-refractivity contribution < 1.29 is 4.79 Å². The smallest absolute Gasteiger partial charge is 0.223 e. The molecule has 1 aromatic heterocycles. The third kappa shape index (κ3) is 4.06. The summed E-state index contributed by atoms with van der Waals surface area (Å²) >= 11 is 0. The number of hydrogen-bond donors (Lipinski definition) is 4. The summed E-state index contributed by atoms with van der Waals surface area (Å²) in [5.74, 6) is 7.77. The summed E-state index contributed by atoms with van der Waals surface area (Å²) < 4.78 is 0. The van der Waals surface area contributed by atoms with Crippen LogP contribution in [0.4, 0.5) is 11.6 Å². The van der Waals surface area contributed by atoms with Gasteiger partial charge in [0.1, 0.15) is 17.5 Å². The summed E-state index contributed by atoms with van der Waals surface area (Å²) in [7, 11) is 0. The number of nitrogens with zero attached hydrogens (tertiary/aromatic N) is 2. The second-order valence-electron chi connectivity index (χ2n) is 4.54. The molecule has 0 unspecified atom stereocenters. The molecule has 0 spiro atoms. The van der Waals surface area contributed by atoms with Gasteiger partial charge in [-0.15, -0.1) is 0 Å². The number of amides is 1. The van der Waals surface area contributed by atoms with Crippen LogP contribution in [0.5, 0.6) is 0 Å². The number of rotatable bonds is 7. The molecule has 104 valence electrons. The van der Waals surface area contributed by atoms with Gasteiger partial charge in [0.05, 0.1) is 0 Å². The molecule has 5 N–H and O–H groups in total. The van der Waals surface area contributed by atoms with E-state index in [0.717, 1.165) is 25.1 Å². The number of anilines is 2. The molecule has 2 rings (SSSR count). The van der Waals surface area contributed by atoms with Gasteiger partial charge in [-0.2, -0.15) is 0 Å². The largest absolute Gasteiger partial charge is 0.368 e. The molecule has 1 fully saturated rings. The number of nitrogen functional groups attached to an aromatic ring is 1. The monoisotopic (exact) mass is 264 g/mol. The van der Waals surface area contributed by atoms with Gasteiger partial charge in [0, 0.05) is 31.5 Å². The fourth-order valence-electron chi connectivity index (χ4n) is 1.69. The average Bonchev–Trinajstić information content (AvgIpc) is 3.27. The quantitative estimate of drug-likeness (QED) is 0.320. The molecule has 0 bridgehead atoms. The molecule has 1 aromatic rings. The van der Waals surface area contributed by atoms with E-state index in [4.69, 9.17) is 5.84 Å². The topological polar surface area (TPSA) is 105 Å². The van der Waals surface area contributed by atoms with E-state index in [1.165, 1.54) is 0 Å². The van der Waals surface area contributed by atoms with Gasteiger partial charge >= 0.3 is 0 Å². The second-order valence-corrected chi connectivity index (χ2v) is 4.54. The van der Waals surface area contributed by atoms with Crippen molar-refractivity contribution >= 4 is 17.5 Å². The van der Waals surface area contributed by atoms with Gasteiger partial charge < -0.3 is 16.1 Å². The second kappa shape index (κ2) is 6.33. The molecule has 0 radical (unpaired) electrons. The zero-order valence-electron chi connectivity index (χ0n) is 11.1. The highest BCUT2D eigenvalue weighted by molar-refractivity contribution is 5.80. The SMILES string of the molecule is CCc1nc(NN)cc(NCCNC(=O)C2CC2)n1. The molecule has 7 nitrogen and oxygen atoms in total. The van der Waals surface area contributed by atoms with Crippen molar-refractivity contribution in [1.82, 2.24) is 15.3 Å². The Morgan fingerprint density at radius 2 is 2.11 bits per heavy atom. The highest BCUT2D eigenvalue weighted by Crippen LogP contribution is 2.28. The summed E-state index contributed by atoms with van der Waals surface area (Å²) in [4.78, 5) is 20.0. The Kier molecular flexibility index (Phi) is 4.51. The van der Waals surface area contributed by atoms with Gasteiger partial charge in [0.15, 0.2) is 0 Å². The summed E-state index contributed by atoms with van der Waals surface area (Å²) in [6.07, 6.45) is 2.79.